The maximum Gasteiger partial charge on any atom is 0.226 e. The van der Waals surface area contributed by atoms with Crippen molar-refractivity contribution in [2.24, 2.45) is 0 Å². The van der Waals surface area contributed by atoms with Crippen molar-refractivity contribution in [2.45, 2.75) is 13.0 Å². The minimum atomic E-state index is 0.197. The minimum Gasteiger partial charge on any atom is -0.493 e. The lowest BCUT2D eigenvalue weighted by molar-refractivity contribution is -0.107. The highest BCUT2D eigenvalue weighted by Gasteiger charge is 2.16. The Labute approximate surface area is 166 Å². The quantitative estimate of drug-likeness (QED) is 0.456. The number of nitrogens with one attached hydrogen (secondary N) is 1. The number of anilines is 1. The van der Waals surface area contributed by atoms with Crippen LogP contribution in [0.25, 0.3) is 17.2 Å². The van der Waals surface area contributed by atoms with E-state index in [4.69, 9.17) is 13.9 Å². The van der Waals surface area contributed by atoms with Crippen LogP contribution >= 0.6 is 0 Å². The van der Waals surface area contributed by atoms with Crippen LogP contribution in [-0.2, 0) is 17.8 Å². The van der Waals surface area contributed by atoms with Crippen molar-refractivity contribution in [2.75, 3.05) is 19.5 Å². The van der Waals surface area contributed by atoms with Gasteiger partial charge >= 0.3 is 0 Å². The van der Waals surface area contributed by atoms with Gasteiger partial charge in [0.1, 0.15) is 6.29 Å². The summed E-state index contributed by atoms with van der Waals surface area (Å²) in [4.78, 5) is 20.0. The van der Waals surface area contributed by atoms with E-state index in [-0.39, 0.29) is 6.42 Å². The van der Waals surface area contributed by atoms with E-state index >= 15 is 0 Å². The van der Waals surface area contributed by atoms with Gasteiger partial charge in [0.2, 0.25) is 11.8 Å². The van der Waals surface area contributed by atoms with E-state index in [0.29, 0.717) is 46.8 Å². The molecule has 29 heavy (non-hydrogen) atoms. The Bertz CT molecular complexity index is 1140. The zero-order valence-electron chi connectivity index (χ0n) is 16.0. The molecule has 0 radical (unpaired) electrons. The van der Waals surface area contributed by atoms with Crippen LogP contribution in [0.15, 0.2) is 47.2 Å². The van der Waals surface area contributed by atoms with Gasteiger partial charge in [-0.3, -0.25) is 0 Å². The number of carbonyl (C=O) groups excluding carboxylic acids is 1. The summed E-state index contributed by atoms with van der Waals surface area (Å²) in [6, 6.07) is 9.21. The Hall–Kier alpha value is -3.88. The van der Waals surface area contributed by atoms with Gasteiger partial charge in [0.15, 0.2) is 22.9 Å². The van der Waals surface area contributed by atoms with Crippen LogP contribution in [0.5, 0.6) is 11.5 Å². The number of aldehydes is 1. The van der Waals surface area contributed by atoms with Crippen molar-refractivity contribution in [1.82, 2.24) is 19.6 Å². The fraction of sp³-hybridized carbons (Fsp3) is 0.200. The maximum atomic E-state index is 11.0. The number of rotatable bonds is 8. The number of ether oxygens (including phenoxy) is 2. The smallest absolute Gasteiger partial charge is 0.226 e. The van der Waals surface area contributed by atoms with Gasteiger partial charge in [0, 0.05) is 24.7 Å². The van der Waals surface area contributed by atoms with Crippen molar-refractivity contribution in [3.8, 4) is 23.1 Å². The molecule has 9 nitrogen and oxygen atoms in total. The van der Waals surface area contributed by atoms with Crippen molar-refractivity contribution < 1.29 is 18.7 Å². The third-order valence-corrected chi connectivity index (χ3v) is 4.38. The molecule has 0 saturated carbocycles. The third-order valence-electron chi connectivity index (χ3n) is 4.38. The first-order chi connectivity index (χ1) is 14.2. The number of hydrogen-bond donors (Lipinski definition) is 1. The van der Waals surface area contributed by atoms with Gasteiger partial charge in [-0.25, -0.2) is 9.97 Å². The Kier molecular flexibility index (Phi) is 5.10. The Morgan fingerprint density at radius 3 is 2.79 bits per heavy atom. The monoisotopic (exact) mass is 393 g/mol. The lowest BCUT2D eigenvalue weighted by Gasteiger charge is -2.11. The molecule has 0 atom stereocenters. The molecule has 0 aliphatic rings. The molecule has 1 aromatic carbocycles. The normalized spacial score (nSPS) is 10.8. The van der Waals surface area contributed by atoms with Gasteiger partial charge < -0.3 is 24.0 Å². The third kappa shape index (κ3) is 3.62. The number of hydrogen-bond acceptors (Lipinski definition) is 8. The number of furan rings is 1. The molecule has 4 aromatic rings. The Morgan fingerprint density at radius 1 is 1.21 bits per heavy atom. The number of fused-ring (bicyclic) bond motifs is 1. The van der Waals surface area contributed by atoms with E-state index in [0.717, 1.165) is 11.8 Å². The van der Waals surface area contributed by atoms with Crippen molar-refractivity contribution in [3.05, 3.63) is 53.9 Å². The summed E-state index contributed by atoms with van der Waals surface area (Å²) in [5.74, 6) is 2.76. The zero-order valence-corrected chi connectivity index (χ0v) is 16.0. The zero-order chi connectivity index (χ0) is 20.2. The molecule has 0 fully saturated rings. The molecule has 0 bridgehead atoms. The fourth-order valence-corrected chi connectivity index (χ4v) is 2.96. The van der Waals surface area contributed by atoms with Gasteiger partial charge in [0.25, 0.3) is 0 Å². The van der Waals surface area contributed by atoms with E-state index in [1.54, 1.807) is 43.3 Å². The summed E-state index contributed by atoms with van der Waals surface area (Å²) in [5.41, 5.74) is 2.20. The number of methoxy groups -OCH3 is 2. The molecule has 3 heterocycles. The highest BCUT2D eigenvalue weighted by atomic mass is 16.5. The fourth-order valence-electron chi connectivity index (χ4n) is 2.96. The predicted molar refractivity (Wildman–Crippen MR) is 105 cm³/mol. The second-order valence-corrected chi connectivity index (χ2v) is 6.17. The van der Waals surface area contributed by atoms with Crippen molar-refractivity contribution in [3.63, 3.8) is 0 Å². The van der Waals surface area contributed by atoms with Crippen LogP contribution < -0.4 is 14.8 Å². The average Bonchev–Trinajstić information content (AvgIpc) is 3.43. The van der Waals surface area contributed by atoms with Crippen LogP contribution in [-0.4, -0.2) is 40.1 Å². The summed E-state index contributed by atoms with van der Waals surface area (Å²) < 4.78 is 17.6. The van der Waals surface area contributed by atoms with Crippen molar-refractivity contribution >= 4 is 17.9 Å². The van der Waals surface area contributed by atoms with Gasteiger partial charge in [-0.05, 0) is 29.8 Å². The highest BCUT2D eigenvalue weighted by molar-refractivity contribution is 5.64. The maximum absolute atomic E-state index is 11.0. The predicted octanol–water partition coefficient (Wildman–Crippen LogP) is 2.76. The Balaban J connectivity index is 1.67. The van der Waals surface area contributed by atoms with Crippen LogP contribution in [0.4, 0.5) is 5.95 Å². The van der Waals surface area contributed by atoms with Crippen LogP contribution in [0.1, 0.15) is 11.1 Å². The lowest BCUT2D eigenvalue weighted by atomic mass is 10.2. The minimum absolute atomic E-state index is 0.197. The summed E-state index contributed by atoms with van der Waals surface area (Å²) in [6.07, 6.45) is 4.20. The molecule has 0 aliphatic carbocycles. The molecular formula is C20H19N5O4. The largest absolute Gasteiger partial charge is 0.493 e. The second kappa shape index (κ2) is 8.01. The van der Waals surface area contributed by atoms with Crippen molar-refractivity contribution in [1.29, 1.82) is 0 Å². The molecule has 148 valence electrons. The first-order valence-corrected chi connectivity index (χ1v) is 8.90. The van der Waals surface area contributed by atoms with E-state index in [1.165, 1.54) is 0 Å². The topological polar surface area (TPSA) is 104 Å². The molecule has 3 aromatic heterocycles. The van der Waals surface area contributed by atoms with Crippen LogP contribution in [0, 0.1) is 0 Å². The summed E-state index contributed by atoms with van der Waals surface area (Å²) >= 11 is 0. The van der Waals surface area contributed by atoms with E-state index < -0.39 is 0 Å². The average molecular weight is 393 g/mol. The van der Waals surface area contributed by atoms with Gasteiger partial charge in [-0.15, -0.1) is 5.10 Å². The van der Waals surface area contributed by atoms with Crippen LogP contribution in [0.2, 0.25) is 0 Å². The van der Waals surface area contributed by atoms with E-state index in [2.05, 4.69) is 20.4 Å². The molecular weight excluding hydrogens is 374 g/mol. The lowest BCUT2D eigenvalue weighted by Crippen LogP contribution is -2.09. The van der Waals surface area contributed by atoms with E-state index in [9.17, 15) is 4.79 Å². The SMILES string of the molecule is COc1ccc(CNc2ncc(CC=O)c3nc(-c4ccco4)nn23)cc1OC. The number of benzene rings is 1. The summed E-state index contributed by atoms with van der Waals surface area (Å²) in [7, 11) is 3.19. The standard InChI is InChI=1S/C20H19N5O4/c1-27-15-6-5-13(10-17(15)28-2)11-21-20-22-12-14(7-8-26)19-23-18(24-25(19)20)16-4-3-9-29-16/h3-6,8-10,12H,7,11H2,1-2H3,(H,21,22). The molecule has 0 spiro atoms. The summed E-state index contributed by atoms with van der Waals surface area (Å²) in [6.45, 7) is 0.478. The molecule has 1 N–H and O–H groups in total. The number of aromatic nitrogens is 4. The molecule has 0 aliphatic heterocycles. The molecule has 4 rings (SSSR count). The van der Waals surface area contributed by atoms with Crippen LogP contribution in [0.3, 0.4) is 0 Å². The summed E-state index contributed by atoms with van der Waals surface area (Å²) in [5, 5.41) is 7.75. The second-order valence-electron chi connectivity index (χ2n) is 6.17. The molecule has 9 heteroatoms. The van der Waals surface area contributed by atoms with E-state index in [1.807, 2.05) is 18.2 Å². The van der Waals surface area contributed by atoms with Gasteiger partial charge in [-0.2, -0.15) is 4.52 Å². The number of nitrogens with zero attached hydrogens (tertiary/aromatic N) is 4. The molecule has 0 unspecified atom stereocenters. The van der Waals surface area contributed by atoms with Gasteiger partial charge in [-0.1, -0.05) is 6.07 Å². The molecule has 0 saturated heterocycles. The first-order valence-electron chi connectivity index (χ1n) is 8.90. The first kappa shape index (κ1) is 18.5. The Morgan fingerprint density at radius 2 is 2.07 bits per heavy atom. The molecule has 0 amide bonds. The highest BCUT2D eigenvalue weighted by Crippen LogP contribution is 2.28. The number of carbonyl (C=O) groups is 1. The van der Waals surface area contributed by atoms with Gasteiger partial charge in [0.05, 0.1) is 20.5 Å².